The molecule has 4 atom stereocenters. The zero-order chi connectivity index (χ0) is 11.1. The van der Waals surface area contributed by atoms with Crippen molar-refractivity contribution in [3.8, 4) is 0 Å². The Hall–Kier alpha value is -0.120. The summed E-state index contributed by atoms with van der Waals surface area (Å²) >= 11 is 0. The van der Waals surface area contributed by atoms with Crippen LogP contribution in [-0.4, -0.2) is 36.5 Å². The van der Waals surface area contributed by atoms with Crippen molar-refractivity contribution in [2.75, 3.05) is 13.2 Å². The van der Waals surface area contributed by atoms with Gasteiger partial charge in [0.15, 0.2) is 0 Å². The fourth-order valence-electron chi connectivity index (χ4n) is 2.59. The summed E-state index contributed by atoms with van der Waals surface area (Å²) < 4.78 is 5.53. The topological polar surface area (TPSA) is 41.5 Å². The van der Waals surface area contributed by atoms with E-state index in [0.29, 0.717) is 18.1 Å². The molecule has 1 aliphatic carbocycles. The average molecular weight is 213 g/mol. The first-order valence-corrected chi connectivity index (χ1v) is 6.05. The van der Waals surface area contributed by atoms with Crippen LogP contribution in [0.5, 0.6) is 0 Å². The number of aliphatic hydroxyl groups is 1. The Balaban J connectivity index is 1.75. The van der Waals surface area contributed by atoms with Crippen molar-refractivity contribution in [2.45, 2.75) is 51.9 Å². The number of ether oxygens (including phenoxy) is 1. The maximum atomic E-state index is 9.63. The molecule has 2 N–H and O–H groups in total. The lowest BCUT2D eigenvalue weighted by atomic mass is 9.64. The molecule has 0 aromatic carbocycles. The average Bonchev–Trinajstić information content (AvgIpc) is 2.58. The fraction of sp³-hybridized carbons (Fsp3) is 1.00. The number of nitrogens with one attached hydrogen (secondary N) is 1. The molecule has 0 amide bonds. The minimum Gasteiger partial charge on any atom is -0.392 e. The normalized spacial score (nSPS) is 44.0. The molecule has 4 unspecified atom stereocenters. The number of hydrogen-bond acceptors (Lipinski definition) is 3. The minimum absolute atomic E-state index is 0.0443. The third kappa shape index (κ3) is 2.05. The third-order valence-corrected chi connectivity index (χ3v) is 4.38. The van der Waals surface area contributed by atoms with Gasteiger partial charge in [-0.3, -0.25) is 0 Å². The molecule has 0 spiro atoms. The minimum atomic E-state index is -0.132. The molecule has 2 aliphatic rings. The van der Waals surface area contributed by atoms with Crippen molar-refractivity contribution in [1.29, 1.82) is 0 Å². The first kappa shape index (κ1) is 11.4. The van der Waals surface area contributed by atoms with Crippen LogP contribution >= 0.6 is 0 Å². The smallest absolute Gasteiger partial charge is 0.0621 e. The van der Waals surface area contributed by atoms with Gasteiger partial charge in [-0.25, -0.2) is 0 Å². The number of aliphatic hydroxyl groups excluding tert-OH is 1. The van der Waals surface area contributed by atoms with Gasteiger partial charge in [-0.15, -0.1) is 0 Å². The quantitative estimate of drug-likeness (QED) is 0.739. The highest BCUT2D eigenvalue weighted by atomic mass is 16.5. The Morgan fingerprint density at radius 2 is 2.20 bits per heavy atom. The molecule has 3 nitrogen and oxygen atoms in total. The van der Waals surface area contributed by atoms with E-state index in [-0.39, 0.29) is 11.5 Å². The number of rotatable bonds is 3. The molecule has 0 radical (unpaired) electrons. The van der Waals surface area contributed by atoms with Crippen molar-refractivity contribution in [3.05, 3.63) is 0 Å². The molecule has 0 aromatic heterocycles. The van der Waals surface area contributed by atoms with Crippen LogP contribution in [-0.2, 0) is 4.74 Å². The Kier molecular flexibility index (Phi) is 3.06. The van der Waals surface area contributed by atoms with Gasteiger partial charge in [0.1, 0.15) is 0 Å². The lowest BCUT2D eigenvalue weighted by Crippen LogP contribution is -2.60. The van der Waals surface area contributed by atoms with Crippen molar-refractivity contribution < 1.29 is 9.84 Å². The molecule has 0 bridgehead atoms. The highest BCUT2D eigenvalue weighted by molar-refractivity contribution is 5.01. The largest absolute Gasteiger partial charge is 0.392 e. The molecule has 15 heavy (non-hydrogen) atoms. The van der Waals surface area contributed by atoms with E-state index in [4.69, 9.17) is 4.74 Å². The maximum absolute atomic E-state index is 9.63. The summed E-state index contributed by atoms with van der Waals surface area (Å²) in [6.45, 7) is 8.35. The van der Waals surface area contributed by atoms with Crippen LogP contribution in [0.1, 0.15) is 33.6 Å². The highest BCUT2D eigenvalue weighted by Crippen LogP contribution is 2.40. The zero-order valence-electron chi connectivity index (χ0n) is 9.99. The summed E-state index contributed by atoms with van der Waals surface area (Å²) in [5, 5.41) is 13.2. The van der Waals surface area contributed by atoms with E-state index in [1.807, 2.05) is 0 Å². The summed E-state index contributed by atoms with van der Waals surface area (Å²) in [4.78, 5) is 0. The molecule has 1 aliphatic heterocycles. The van der Waals surface area contributed by atoms with E-state index in [0.717, 1.165) is 19.6 Å². The lowest BCUT2D eigenvalue weighted by molar-refractivity contribution is -0.0737. The van der Waals surface area contributed by atoms with Gasteiger partial charge in [0.2, 0.25) is 0 Å². The first-order chi connectivity index (χ1) is 7.01. The van der Waals surface area contributed by atoms with Crippen LogP contribution in [0, 0.1) is 11.3 Å². The van der Waals surface area contributed by atoms with E-state index in [9.17, 15) is 5.11 Å². The van der Waals surface area contributed by atoms with Crippen LogP contribution in [0.4, 0.5) is 0 Å². The second-order valence-electron chi connectivity index (χ2n) is 5.66. The molecule has 2 fully saturated rings. The number of hydrogen-bond donors (Lipinski definition) is 2. The van der Waals surface area contributed by atoms with Crippen LogP contribution in [0.3, 0.4) is 0 Å². The monoisotopic (exact) mass is 213 g/mol. The molecule has 1 heterocycles. The maximum Gasteiger partial charge on any atom is 0.0621 e. The molecule has 1 saturated carbocycles. The summed E-state index contributed by atoms with van der Waals surface area (Å²) in [5.74, 6) is 0.651. The standard InChI is InChI=1S/C12H23NO2/c1-8-9(4-5-15-8)7-13-10-6-11(14)12(10,2)3/h8-11,13-14H,4-7H2,1-3H3. The Bertz CT molecular complexity index is 230. The second-order valence-corrected chi connectivity index (χ2v) is 5.66. The molecular formula is C12H23NO2. The molecule has 2 rings (SSSR count). The molecule has 88 valence electrons. The van der Waals surface area contributed by atoms with Crippen molar-refractivity contribution in [1.82, 2.24) is 5.32 Å². The van der Waals surface area contributed by atoms with Crippen LogP contribution in [0.25, 0.3) is 0 Å². The van der Waals surface area contributed by atoms with Crippen LogP contribution in [0.15, 0.2) is 0 Å². The molecule has 1 saturated heterocycles. The van der Waals surface area contributed by atoms with Crippen LogP contribution < -0.4 is 5.32 Å². The van der Waals surface area contributed by atoms with Crippen molar-refractivity contribution in [3.63, 3.8) is 0 Å². The summed E-state index contributed by atoms with van der Waals surface area (Å²) in [6.07, 6.45) is 2.33. The van der Waals surface area contributed by atoms with Crippen molar-refractivity contribution in [2.24, 2.45) is 11.3 Å². The van der Waals surface area contributed by atoms with Crippen LogP contribution in [0.2, 0.25) is 0 Å². The Labute approximate surface area is 92.2 Å². The first-order valence-electron chi connectivity index (χ1n) is 6.05. The summed E-state index contributed by atoms with van der Waals surface area (Å²) in [7, 11) is 0. The van der Waals surface area contributed by atoms with E-state index < -0.39 is 0 Å². The SMILES string of the molecule is CC1OCCC1CNC1CC(O)C1(C)C. The van der Waals surface area contributed by atoms with E-state index in [1.54, 1.807) is 0 Å². The van der Waals surface area contributed by atoms with Gasteiger partial charge >= 0.3 is 0 Å². The van der Waals surface area contributed by atoms with Gasteiger partial charge < -0.3 is 15.2 Å². The molecule has 0 aromatic rings. The third-order valence-electron chi connectivity index (χ3n) is 4.38. The van der Waals surface area contributed by atoms with Gasteiger partial charge in [-0.1, -0.05) is 13.8 Å². The predicted octanol–water partition coefficient (Wildman–Crippen LogP) is 1.16. The molecular weight excluding hydrogens is 190 g/mol. The van der Waals surface area contributed by atoms with Crippen molar-refractivity contribution >= 4 is 0 Å². The summed E-state index contributed by atoms with van der Waals surface area (Å²) in [6, 6.07) is 0.472. The van der Waals surface area contributed by atoms with Gasteiger partial charge in [0, 0.05) is 24.6 Å². The predicted molar refractivity (Wildman–Crippen MR) is 59.7 cm³/mol. The highest BCUT2D eigenvalue weighted by Gasteiger charge is 2.47. The van der Waals surface area contributed by atoms with E-state index in [1.165, 1.54) is 6.42 Å². The van der Waals surface area contributed by atoms with Gasteiger partial charge in [-0.2, -0.15) is 0 Å². The second kappa shape index (κ2) is 4.04. The lowest BCUT2D eigenvalue weighted by Gasteiger charge is -2.50. The van der Waals surface area contributed by atoms with E-state index >= 15 is 0 Å². The summed E-state index contributed by atoms with van der Waals surface area (Å²) in [5.41, 5.74) is 0.0443. The Morgan fingerprint density at radius 3 is 2.67 bits per heavy atom. The Morgan fingerprint density at radius 1 is 1.47 bits per heavy atom. The fourth-order valence-corrected chi connectivity index (χ4v) is 2.59. The zero-order valence-corrected chi connectivity index (χ0v) is 9.99. The van der Waals surface area contributed by atoms with Gasteiger partial charge in [0.05, 0.1) is 12.2 Å². The molecule has 3 heteroatoms. The van der Waals surface area contributed by atoms with Gasteiger partial charge in [0.25, 0.3) is 0 Å². The van der Waals surface area contributed by atoms with E-state index in [2.05, 4.69) is 26.1 Å². The van der Waals surface area contributed by atoms with Gasteiger partial charge in [-0.05, 0) is 25.7 Å².